The molecule has 3 nitrogen and oxygen atoms in total. The van der Waals surface area contributed by atoms with Gasteiger partial charge in [-0.3, -0.25) is 0 Å². The van der Waals surface area contributed by atoms with E-state index in [0.29, 0.717) is 12.0 Å². The van der Waals surface area contributed by atoms with Crippen LogP contribution in [0.5, 0.6) is 0 Å². The number of nitrogens with one attached hydrogen (secondary N) is 1. The van der Waals surface area contributed by atoms with Crippen molar-refractivity contribution >= 4 is 11.9 Å². The summed E-state index contributed by atoms with van der Waals surface area (Å²) in [6, 6.07) is 0.414. The molecule has 0 spiro atoms. The predicted molar refractivity (Wildman–Crippen MR) is 64.7 cm³/mol. The molecule has 1 saturated heterocycles. The van der Waals surface area contributed by atoms with Crippen LogP contribution in [-0.4, -0.2) is 24.5 Å². The Labute approximate surface area is 94.3 Å². The molecule has 1 N–H and O–H groups in total. The number of fused-ring (bicyclic) bond motifs is 2. The molecule has 2 atom stereocenters. The van der Waals surface area contributed by atoms with Crippen molar-refractivity contribution in [3.63, 3.8) is 0 Å². The van der Waals surface area contributed by atoms with E-state index in [1.54, 1.807) is 5.57 Å². The fraction of sp³-hybridized carbons (Fsp3) is 0.385. The van der Waals surface area contributed by atoms with Crippen LogP contribution in [0.3, 0.4) is 0 Å². The maximum atomic E-state index is 4.25. The van der Waals surface area contributed by atoms with E-state index in [1.165, 1.54) is 24.0 Å². The van der Waals surface area contributed by atoms with Gasteiger partial charge in [0.05, 0.1) is 6.21 Å². The number of hydrogen-bond acceptors (Lipinski definition) is 3. The van der Waals surface area contributed by atoms with Crippen molar-refractivity contribution in [3.05, 3.63) is 34.9 Å². The molecule has 4 rings (SSSR count). The molecule has 2 heterocycles. The lowest BCUT2D eigenvalue weighted by molar-refractivity contribution is 0.426. The van der Waals surface area contributed by atoms with Crippen molar-refractivity contribution in [1.82, 2.24) is 5.32 Å². The molecule has 0 bridgehead atoms. The van der Waals surface area contributed by atoms with Gasteiger partial charge in [0, 0.05) is 17.2 Å². The van der Waals surface area contributed by atoms with Crippen LogP contribution >= 0.6 is 0 Å². The smallest absolute Gasteiger partial charge is 0.101 e. The molecule has 0 aromatic heterocycles. The summed E-state index contributed by atoms with van der Waals surface area (Å²) in [4.78, 5) is 0. The highest BCUT2D eigenvalue weighted by Crippen LogP contribution is 2.38. The molecule has 4 aliphatic rings. The second-order valence-corrected chi connectivity index (χ2v) is 4.74. The van der Waals surface area contributed by atoms with Crippen molar-refractivity contribution in [2.24, 2.45) is 16.1 Å². The molecule has 16 heavy (non-hydrogen) atoms. The molecule has 3 heteroatoms. The minimum absolute atomic E-state index is 0.414. The van der Waals surface area contributed by atoms with Gasteiger partial charge < -0.3 is 5.32 Å². The van der Waals surface area contributed by atoms with Crippen LogP contribution in [0.2, 0.25) is 0 Å². The Morgan fingerprint density at radius 3 is 3.38 bits per heavy atom. The Balaban J connectivity index is 1.92. The topological polar surface area (TPSA) is 36.8 Å². The van der Waals surface area contributed by atoms with E-state index in [2.05, 4.69) is 33.7 Å². The monoisotopic (exact) mass is 211 g/mol. The van der Waals surface area contributed by atoms with Gasteiger partial charge in [-0.25, -0.2) is 0 Å². The van der Waals surface area contributed by atoms with Crippen LogP contribution in [0.15, 0.2) is 45.2 Å². The van der Waals surface area contributed by atoms with Crippen LogP contribution in [-0.2, 0) is 0 Å². The first-order chi connectivity index (χ1) is 7.93. The maximum absolute atomic E-state index is 4.25. The van der Waals surface area contributed by atoms with Crippen LogP contribution in [0.1, 0.15) is 12.8 Å². The van der Waals surface area contributed by atoms with Gasteiger partial charge in [0.15, 0.2) is 0 Å². The third-order valence-electron chi connectivity index (χ3n) is 3.88. The standard InChI is InChI=1S/C13H13N3/c1-2-8-4-5-14-11-6-9-7-15-16-13(9)10(3-1)12(8)11/h1,3,6-8,11,14H,2,4-5H2. The molecule has 1 fully saturated rings. The molecule has 0 amide bonds. The average Bonchev–Trinajstić information content (AvgIpc) is 2.78. The van der Waals surface area contributed by atoms with Crippen molar-refractivity contribution in [2.45, 2.75) is 18.9 Å². The summed E-state index contributed by atoms with van der Waals surface area (Å²) in [7, 11) is 0. The van der Waals surface area contributed by atoms with E-state index in [-0.39, 0.29) is 0 Å². The summed E-state index contributed by atoms with van der Waals surface area (Å²) in [6.07, 6.45) is 11.1. The summed E-state index contributed by atoms with van der Waals surface area (Å²) in [5, 5.41) is 11.9. The molecule has 2 unspecified atom stereocenters. The van der Waals surface area contributed by atoms with E-state index in [0.717, 1.165) is 12.3 Å². The van der Waals surface area contributed by atoms with Crippen molar-refractivity contribution in [2.75, 3.05) is 6.54 Å². The van der Waals surface area contributed by atoms with Crippen molar-refractivity contribution < 1.29 is 0 Å². The summed E-state index contributed by atoms with van der Waals surface area (Å²) >= 11 is 0. The van der Waals surface area contributed by atoms with Crippen LogP contribution in [0.4, 0.5) is 0 Å². The van der Waals surface area contributed by atoms with E-state index in [9.17, 15) is 0 Å². The summed E-state index contributed by atoms with van der Waals surface area (Å²) in [5.74, 6) is 0.715. The van der Waals surface area contributed by atoms with Gasteiger partial charge in [-0.2, -0.15) is 5.10 Å². The second kappa shape index (κ2) is 3.01. The molecule has 2 aliphatic heterocycles. The van der Waals surface area contributed by atoms with Crippen LogP contribution in [0.25, 0.3) is 0 Å². The zero-order valence-electron chi connectivity index (χ0n) is 8.98. The van der Waals surface area contributed by atoms with Crippen LogP contribution in [0, 0.1) is 5.92 Å². The summed E-state index contributed by atoms with van der Waals surface area (Å²) < 4.78 is 0. The Bertz CT molecular complexity index is 505. The lowest BCUT2D eigenvalue weighted by atomic mass is 9.73. The number of hydrogen-bond donors (Lipinski definition) is 1. The average molecular weight is 211 g/mol. The molecule has 0 radical (unpaired) electrons. The molecule has 0 aromatic carbocycles. The number of rotatable bonds is 0. The van der Waals surface area contributed by atoms with Gasteiger partial charge >= 0.3 is 0 Å². The number of piperidine rings is 1. The van der Waals surface area contributed by atoms with E-state index < -0.39 is 0 Å². The van der Waals surface area contributed by atoms with Gasteiger partial charge in [-0.05, 0) is 30.9 Å². The highest BCUT2D eigenvalue weighted by atomic mass is 15.2. The minimum atomic E-state index is 0.414. The van der Waals surface area contributed by atoms with Gasteiger partial charge in [0.1, 0.15) is 5.71 Å². The number of nitrogens with zero attached hydrogens (tertiary/aromatic N) is 2. The third-order valence-corrected chi connectivity index (χ3v) is 3.88. The van der Waals surface area contributed by atoms with Gasteiger partial charge in [0.25, 0.3) is 0 Å². The van der Waals surface area contributed by atoms with Gasteiger partial charge in [-0.15, -0.1) is 5.10 Å². The second-order valence-electron chi connectivity index (χ2n) is 4.74. The van der Waals surface area contributed by atoms with E-state index in [4.69, 9.17) is 0 Å². The molecular formula is C13H13N3. The molecule has 2 aliphatic carbocycles. The predicted octanol–water partition coefficient (Wildman–Crippen LogP) is 1.60. The lowest BCUT2D eigenvalue weighted by Gasteiger charge is -2.37. The first-order valence-corrected chi connectivity index (χ1v) is 5.91. The van der Waals surface area contributed by atoms with E-state index in [1.807, 2.05) is 6.21 Å². The Morgan fingerprint density at radius 1 is 1.38 bits per heavy atom. The minimum Gasteiger partial charge on any atom is -0.307 e. The fourth-order valence-corrected chi connectivity index (χ4v) is 3.15. The third kappa shape index (κ3) is 1.01. The fourth-order valence-electron chi connectivity index (χ4n) is 3.15. The summed E-state index contributed by atoms with van der Waals surface area (Å²) in [5.41, 5.74) is 5.13. The Morgan fingerprint density at radius 2 is 2.38 bits per heavy atom. The Hall–Kier alpha value is -1.48. The zero-order valence-corrected chi connectivity index (χ0v) is 8.98. The van der Waals surface area contributed by atoms with E-state index >= 15 is 0 Å². The summed E-state index contributed by atoms with van der Waals surface area (Å²) in [6.45, 7) is 1.12. The maximum Gasteiger partial charge on any atom is 0.101 e. The molecule has 80 valence electrons. The Kier molecular flexibility index (Phi) is 1.63. The van der Waals surface area contributed by atoms with Crippen molar-refractivity contribution in [1.29, 1.82) is 0 Å². The molecular weight excluding hydrogens is 198 g/mol. The highest BCUT2D eigenvalue weighted by molar-refractivity contribution is 6.28. The zero-order chi connectivity index (χ0) is 10.5. The van der Waals surface area contributed by atoms with Gasteiger partial charge in [-0.1, -0.05) is 18.2 Å². The first kappa shape index (κ1) is 8.65. The van der Waals surface area contributed by atoms with Gasteiger partial charge in [0.2, 0.25) is 0 Å². The van der Waals surface area contributed by atoms with Crippen molar-refractivity contribution in [3.8, 4) is 0 Å². The van der Waals surface area contributed by atoms with Crippen LogP contribution < -0.4 is 5.32 Å². The largest absolute Gasteiger partial charge is 0.307 e. The molecule has 0 saturated carbocycles. The quantitative estimate of drug-likeness (QED) is 0.649. The highest BCUT2D eigenvalue weighted by Gasteiger charge is 2.35. The number of allylic oxidation sites excluding steroid dienone is 4. The first-order valence-electron chi connectivity index (χ1n) is 5.91. The molecule has 0 aromatic rings. The lowest BCUT2D eigenvalue weighted by Crippen LogP contribution is -2.43. The SMILES string of the molecule is C1=CC2=C3C(C1)CCNC3C=C1C=NN=C12. The normalized spacial score (nSPS) is 34.5.